The summed E-state index contributed by atoms with van der Waals surface area (Å²) in [4.78, 5) is 22.4. The minimum Gasteiger partial charge on any atom is -0.392 e. The van der Waals surface area contributed by atoms with E-state index in [1.807, 2.05) is 29.6 Å². The van der Waals surface area contributed by atoms with E-state index in [2.05, 4.69) is 15.3 Å². The van der Waals surface area contributed by atoms with Crippen LogP contribution in [0.4, 0.5) is 14.6 Å². The van der Waals surface area contributed by atoms with Gasteiger partial charge in [0.25, 0.3) is 0 Å². The second-order valence-electron chi connectivity index (χ2n) is 6.76. The zero-order valence-corrected chi connectivity index (χ0v) is 17.0. The number of thiophene rings is 1. The molecule has 0 unspecified atom stereocenters. The van der Waals surface area contributed by atoms with Crippen molar-refractivity contribution in [1.82, 2.24) is 9.97 Å². The van der Waals surface area contributed by atoms with Crippen molar-refractivity contribution in [3.63, 3.8) is 0 Å². The maximum atomic E-state index is 13.4. The van der Waals surface area contributed by atoms with Crippen LogP contribution in [0.25, 0.3) is 21.8 Å². The average molecular weight is 437 g/mol. The van der Waals surface area contributed by atoms with Crippen LogP contribution < -0.4 is 5.32 Å². The van der Waals surface area contributed by atoms with Crippen molar-refractivity contribution < 1.29 is 18.7 Å². The Kier molecular flexibility index (Phi) is 6.11. The lowest BCUT2D eigenvalue weighted by Gasteiger charge is -2.11. The number of rotatable bonds is 6. The van der Waals surface area contributed by atoms with Gasteiger partial charge < -0.3 is 10.4 Å². The predicted octanol–water partition coefficient (Wildman–Crippen LogP) is 4.82. The van der Waals surface area contributed by atoms with E-state index in [4.69, 9.17) is 0 Å². The summed E-state index contributed by atoms with van der Waals surface area (Å²) in [6.45, 7) is -0.0463. The molecule has 0 saturated carbocycles. The number of aromatic nitrogens is 2. The molecule has 1 amide bonds. The summed E-state index contributed by atoms with van der Waals surface area (Å²) >= 11 is 1.46. The second-order valence-corrected chi connectivity index (χ2v) is 7.71. The van der Waals surface area contributed by atoms with Crippen LogP contribution in [0, 0.1) is 11.6 Å². The van der Waals surface area contributed by atoms with Gasteiger partial charge in [0.05, 0.1) is 29.8 Å². The number of aliphatic hydroxyl groups is 1. The molecule has 0 aliphatic rings. The van der Waals surface area contributed by atoms with Crippen LogP contribution in [0.3, 0.4) is 0 Å². The first-order valence-electron chi connectivity index (χ1n) is 9.38. The Balaban J connectivity index is 1.61. The maximum absolute atomic E-state index is 13.4. The highest BCUT2D eigenvalue weighted by Gasteiger charge is 2.15. The highest BCUT2D eigenvalue weighted by atomic mass is 32.1. The second kappa shape index (κ2) is 9.11. The van der Waals surface area contributed by atoms with Crippen LogP contribution in [-0.4, -0.2) is 21.0 Å². The summed E-state index contributed by atoms with van der Waals surface area (Å²) in [6.07, 6.45) is 1.42. The van der Waals surface area contributed by atoms with E-state index >= 15 is 0 Å². The molecule has 0 fully saturated rings. The van der Waals surface area contributed by atoms with Gasteiger partial charge in [-0.1, -0.05) is 36.4 Å². The van der Waals surface area contributed by atoms with Crippen molar-refractivity contribution in [2.45, 2.75) is 13.0 Å². The van der Waals surface area contributed by atoms with Crippen LogP contribution in [-0.2, 0) is 17.8 Å². The lowest BCUT2D eigenvalue weighted by atomic mass is 10.1. The van der Waals surface area contributed by atoms with Crippen LogP contribution in [0.2, 0.25) is 0 Å². The fourth-order valence-electron chi connectivity index (χ4n) is 3.00. The van der Waals surface area contributed by atoms with Crippen LogP contribution in [0.1, 0.15) is 11.1 Å². The molecule has 2 N–H and O–H groups in total. The molecule has 156 valence electrons. The lowest BCUT2D eigenvalue weighted by molar-refractivity contribution is -0.115. The van der Waals surface area contributed by atoms with Gasteiger partial charge in [-0.2, -0.15) is 0 Å². The molecule has 2 aromatic heterocycles. The monoisotopic (exact) mass is 437 g/mol. The van der Waals surface area contributed by atoms with Crippen molar-refractivity contribution in [2.24, 2.45) is 0 Å². The van der Waals surface area contributed by atoms with Gasteiger partial charge in [-0.15, -0.1) is 11.3 Å². The van der Waals surface area contributed by atoms with E-state index in [9.17, 15) is 18.7 Å². The highest BCUT2D eigenvalue weighted by molar-refractivity contribution is 7.13. The molecule has 2 heterocycles. The van der Waals surface area contributed by atoms with E-state index in [0.717, 1.165) is 28.1 Å². The van der Waals surface area contributed by atoms with E-state index in [1.165, 1.54) is 17.4 Å². The molecule has 8 heteroatoms. The van der Waals surface area contributed by atoms with Gasteiger partial charge in [-0.05, 0) is 34.7 Å². The number of carbonyl (C=O) groups excluding carboxylic acids is 1. The van der Waals surface area contributed by atoms with Gasteiger partial charge >= 0.3 is 0 Å². The Bertz CT molecular complexity index is 1210. The van der Waals surface area contributed by atoms with E-state index in [1.54, 1.807) is 18.3 Å². The third kappa shape index (κ3) is 4.82. The quantitative estimate of drug-likeness (QED) is 0.453. The first-order valence-corrected chi connectivity index (χ1v) is 10.3. The molecule has 5 nitrogen and oxygen atoms in total. The van der Waals surface area contributed by atoms with Gasteiger partial charge in [0.2, 0.25) is 5.91 Å². The van der Waals surface area contributed by atoms with Gasteiger partial charge in [0.15, 0.2) is 17.5 Å². The number of hydrogen-bond donors (Lipinski definition) is 2. The number of benzene rings is 2. The smallest absolute Gasteiger partial charge is 0.230 e. The van der Waals surface area contributed by atoms with Gasteiger partial charge in [-0.3, -0.25) is 4.79 Å². The standard InChI is InChI=1S/C23H17F2N3O2S/c24-17-8-5-15(10-18(17)25)11-21(30)28-23-22(20-2-1-9-31-20)27-19(12-26-23)16-6-3-14(13-29)4-7-16/h1-10,12,29H,11,13H2,(H,26,28,30). The highest BCUT2D eigenvalue weighted by Crippen LogP contribution is 2.31. The molecule has 0 saturated heterocycles. The summed E-state index contributed by atoms with van der Waals surface area (Å²) in [5, 5.41) is 13.8. The maximum Gasteiger partial charge on any atom is 0.230 e. The van der Waals surface area contributed by atoms with Crippen LogP contribution in [0.15, 0.2) is 66.2 Å². The van der Waals surface area contributed by atoms with Gasteiger partial charge in [0, 0.05) is 5.56 Å². The zero-order valence-electron chi connectivity index (χ0n) is 16.2. The third-order valence-electron chi connectivity index (χ3n) is 4.57. The number of halogens is 2. The van der Waals surface area contributed by atoms with E-state index in [-0.39, 0.29) is 18.8 Å². The third-order valence-corrected chi connectivity index (χ3v) is 5.44. The van der Waals surface area contributed by atoms with Crippen molar-refractivity contribution >= 4 is 23.1 Å². The molecule has 2 aromatic carbocycles. The van der Waals surface area contributed by atoms with Crippen molar-refractivity contribution in [2.75, 3.05) is 5.32 Å². The normalized spacial score (nSPS) is 10.8. The molecule has 4 rings (SSSR count). The fraction of sp³-hybridized carbons (Fsp3) is 0.0870. The van der Waals surface area contributed by atoms with Crippen LogP contribution in [0.5, 0.6) is 0 Å². The van der Waals surface area contributed by atoms with E-state index < -0.39 is 17.5 Å². The Morgan fingerprint density at radius 2 is 1.81 bits per heavy atom. The lowest BCUT2D eigenvalue weighted by Crippen LogP contribution is -2.16. The molecule has 4 aromatic rings. The summed E-state index contributed by atoms with van der Waals surface area (Å²) in [6, 6.07) is 14.4. The molecule has 31 heavy (non-hydrogen) atoms. The molecule has 0 atom stereocenters. The summed E-state index contributed by atoms with van der Waals surface area (Å²) < 4.78 is 26.5. The molecule has 0 aliphatic carbocycles. The molecule has 0 spiro atoms. The van der Waals surface area contributed by atoms with Crippen molar-refractivity contribution in [3.05, 3.63) is 88.9 Å². The number of nitrogens with zero attached hydrogens (tertiary/aromatic N) is 2. The number of carbonyl (C=O) groups is 1. The Labute approximate surface area is 181 Å². The van der Waals surface area contributed by atoms with E-state index in [0.29, 0.717) is 17.0 Å². The predicted molar refractivity (Wildman–Crippen MR) is 115 cm³/mol. The molecule has 0 bridgehead atoms. The molecule has 0 aliphatic heterocycles. The van der Waals surface area contributed by atoms with Gasteiger partial charge in [-0.25, -0.2) is 18.7 Å². The summed E-state index contributed by atoms with van der Waals surface area (Å²) in [7, 11) is 0. The molecule has 0 radical (unpaired) electrons. The number of anilines is 1. The Hall–Kier alpha value is -3.49. The SMILES string of the molecule is O=C(Cc1ccc(F)c(F)c1)Nc1ncc(-c2ccc(CO)cc2)nc1-c1cccs1. The fourth-order valence-corrected chi connectivity index (χ4v) is 3.71. The minimum absolute atomic E-state index is 0.0463. The average Bonchev–Trinajstić information content (AvgIpc) is 3.31. The first kappa shape index (κ1) is 20.8. The topological polar surface area (TPSA) is 75.1 Å². The Morgan fingerprint density at radius 1 is 1.03 bits per heavy atom. The summed E-state index contributed by atoms with van der Waals surface area (Å²) in [5.41, 5.74) is 3.09. The molecular weight excluding hydrogens is 420 g/mol. The Morgan fingerprint density at radius 3 is 2.48 bits per heavy atom. The van der Waals surface area contributed by atoms with Crippen molar-refractivity contribution in [3.8, 4) is 21.8 Å². The first-order chi connectivity index (χ1) is 15.0. The van der Waals surface area contributed by atoms with Gasteiger partial charge in [0.1, 0.15) is 5.69 Å². The number of hydrogen-bond acceptors (Lipinski definition) is 5. The van der Waals surface area contributed by atoms with Crippen molar-refractivity contribution in [1.29, 1.82) is 0 Å². The zero-order chi connectivity index (χ0) is 21.8. The number of aliphatic hydroxyl groups excluding tert-OH is 1. The summed E-state index contributed by atoms with van der Waals surface area (Å²) in [5.74, 6) is -2.09. The number of amides is 1. The van der Waals surface area contributed by atoms with Crippen LogP contribution >= 0.6 is 11.3 Å². The largest absolute Gasteiger partial charge is 0.392 e. The minimum atomic E-state index is -0.999. The molecular formula is C23H17F2N3O2S. The number of nitrogens with one attached hydrogen (secondary N) is 1.